The van der Waals surface area contributed by atoms with E-state index in [0.717, 1.165) is 33.5 Å². The van der Waals surface area contributed by atoms with Crippen LogP contribution in [-0.2, 0) is 19.1 Å². The molecule has 0 radical (unpaired) electrons. The number of hydrogen-bond donors (Lipinski definition) is 1. The lowest BCUT2D eigenvalue weighted by Gasteiger charge is -2.10. The van der Waals surface area contributed by atoms with E-state index >= 15 is 0 Å². The first-order chi connectivity index (χ1) is 11.8. The Balaban J connectivity index is 3.55. The summed E-state index contributed by atoms with van der Waals surface area (Å²) in [6.45, 7) is 0. The lowest BCUT2D eigenvalue weighted by Crippen LogP contribution is -2.16. The van der Waals surface area contributed by atoms with Gasteiger partial charge in [-0.2, -0.15) is 0 Å². The predicted molar refractivity (Wildman–Crippen MR) is 82.0 cm³/mol. The standard InChI is InChI=1S/C13H13N3O9/c1-23-9-5-4-7(11(15(19)20)12(9)16(21)22)14-8(13(18)25-3)6-10(17)24-2/h4-6,14H,1-3H3/b8-6+. The molecule has 1 rings (SSSR count). The first-order valence-electron chi connectivity index (χ1n) is 6.41. The summed E-state index contributed by atoms with van der Waals surface area (Å²) in [6, 6.07) is 2.18. The van der Waals surface area contributed by atoms with E-state index in [1.54, 1.807) is 0 Å². The molecule has 0 spiro atoms. The quantitative estimate of drug-likeness (QED) is 0.325. The van der Waals surface area contributed by atoms with E-state index in [4.69, 9.17) is 4.74 Å². The zero-order chi connectivity index (χ0) is 19.1. The Morgan fingerprint density at radius 2 is 1.64 bits per heavy atom. The molecule has 0 amide bonds. The molecule has 0 saturated heterocycles. The van der Waals surface area contributed by atoms with Crippen molar-refractivity contribution in [3.8, 4) is 5.75 Å². The van der Waals surface area contributed by atoms with Crippen molar-refractivity contribution in [2.75, 3.05) is 26.6 Å². The van der Waals surface area contributed by atoms with Crippen molar-refractivity contribution in [2.45, 2.75) is 0 Å². The van der Waals surface area contributed by atoms with E-state index in [2.05, 4.69) is 14.8 Å². The van der Waals surface area contributed by atoms with Gasteiger partial charge in [-0.05, 0) is 12.1 Å². The minimum Gasteiger partial charge on any atom is -0.490 e. The minimum absolute atomic E-state index is 0.348. The van der Waals surface area contributed by atoms with Gasteiger partial charge in [0.2, 0.25) is 5.75 Å². The molecule has 0 aliphatic carbocycles. The fraction of sp³-hybridized carbons (Fsp3) is 0.231. The minimum atomic E-state index is -1.04. The second-order valence-electron chi connectivity index (χ2n) is 4.22. The number of hydrogen-bond acceptors (Lipinski definition) is 10. The summed E-state index contributed by atoms with van der Waals surface area (Å²) in [4.78, 5) is 43.5. The highest BCUT2D eigenvalue weighted by molar-refractivity contribution is 5.99. The zero-order valence-electron chi connectivity index (χ0n) is 13.3. The van der Waals surface area contributed by atoms with E-state index in [1.165, 1.54) is 0 Å². The summed E-state index contributed by atoms with van der Waals surface area (Å²) >= 11 is 0. The number of nitro groups is 2. The number of nitrogens with one attached hydrogen (secondary N) is 1. The molecule has 12 heteroatoms. The van der Waals surface area contributed by atoms with Gasteiger partial charge in [-0.1, -0.05) is 0 Å². The number of benzene rings is 1. The average Bonchev–Trinajstić information content (AvgIpc) is 2.59. The Morgan fingerprint density at radius 1 is 1.04 bits per heavy atom. The van der Waals surface area contributed by atoms with Crippen LogP contribution in [0.2, 0.25) is 0 Å². The highest BCUT2D eigenvalue weighted by Crippen LogP contribution is 2.42. The van der Waals surface area contributed by atoms with E-state index in [1.807, 2.05) is 0 Å². The monoisotopic (exact) mass is 355 g/mol. The van der Waals surface area contributed by atoms with Crippen LogP contribution in [-0.4, -0.2) is 43.1 Å². The van der Waals surface area contributed by atoms with Crippen LogP contribution in [0.3, 0.4) is 0 Å². The van der Waals surface area contributed by atoms with Gasteiger partial charge in [0, 0.05) is 0 Å². The topological polar surface area (TPSA) is 160 Å². The van der Waals surface area contributed by atoms with Gasteiger partial charge < -0.3 is 19.5 Å². The van der Waals surface area contributed by atoms with Crippen molar-refractivity contribution < 1.29 is 33.6 Å². The van der Waals surface area contributed by atoms with Gasteiger partial charge in [0.1, 0.15) is 11.4 Å². The fourth-order valence-corrected chi connectivity index (χ4v) is 1.77. The number of anilines is 1. The Labute approximate surface area is 140 Å². The van der Waals surface area contributed by atoms with Crippen LogP contribution in [0.4, 0.5) is 17.1 Å². The summed E-state index contributed by atoms with van der Waals surface area (Å²) in [7, 11) is 3.17. The maximum absolute atomic E-state index is 11.7. The van der Waals surface area contributed by atoms with Gasteiger partial charge in [0.15, 0.2) is 0 Å². The number of ether oxygens (including phenoxy) is 3. The van der Waals surface area contributed by atoms with Crippen molar-refractivity contribution in [1.29, 1.82) is 0 Å². The third-order valence-electron chi connectivity index (χ3n) is 2.84. The molecule has 0 saturated carbocycles. The summed E-state index contributed by atoms with van der Waals surface area (Å²) in [5.41, 5.74) is -2.81. The maximum atomic E-state index is 11.7. The van der Waals surface area contributed by atoms with E-state index < -0.39 is 44.5 Å². The normalized spacial score (nSPS) is 10.6. The zero-order valence-corrected chi connectivity index (χ0v) is 13.3. The maximum Gasteiger partial charge on any atom is 0.389 e. The lowest BCUT2D eigenvalue weighted by atomic mass is 10.2. The molecule has 0 fully saturated rings. The summed E-state index contributed by atoms with van der Waals surface area (Å²) < 4.78 is 13.6. The average molecular weight is 355 g/mol. The van der Waals surface area contributed by atoms with Crippen molar-refractivity contribution in [2.24, 2.45) is 0 Å². The third-order valence-corrected chi connectivity index (χ3v) is 2.84. The number of rotatable bonds is 7. The van der Waals surface area contributed by atoms with Crippen LogP contribution in [0.25, 0.3) is 0 Å². The Kier molecular flexibility index (Phi) is 6.37. The smallest absolute Gasteiger partial charge is 0.389 e. The molecule has 0 aliphatic rings. The van der Waals surface area contributed by atoms with Crippen LogP contribution in [0.1, 0.15) is 0 Å². The van der Waals surface area contributed by atoms with Gasteiger partial charge in [-0.15, -0.1) is 0 Å². The van der Waals surface area contributed by atoms with Crippen molar-refractivity contribution >= 4 is 29.0 Å². The largest absolute Gasteiger partial charge is 0.490 e. The molecular formula is C13H13N3O9. The van der Waals surface area contributed by atoms with Crippen molar-refractivity contribution in [3.05, 3.63) is 44.1 Å². The molecule has 0 atom stereocenters. The number of esters is 2. The molecule has 0 bridgehead atoms. The molecular weight excluding hydrogens is 342 g/mol. The summed E-state index contributed by atoms with van der Waals surface area (Å²) in [5, 5.41) is 24.7. The van der Waals surface area contributed by atoms with Gasteiger partial charge >= 0.3 is 23.3 Å². The van der Waals surface area contributed by atoms with Crippen LogP contribution >= 0.6 is 0 Å². The third kappa shape index (κ3) is 4.40. The van der Waals surface area contributed by atoms with Gasteiger partial charge in [-0.25, -0.2) is 9.59 Å². The van der Waals surface area contributed by atoms with Crippen LogP contribution in [0.15, 0.2) is 23.9 Å². The first kappa shape index (κ1) is 19.3. The predicted octanol–water partition coefficient (Wildman–Crippen LogP) is 1.15. The molecule has 1 aromatic rings. The molecule has 25 heavy (non-hydrogen) atoms. The molecule has 0 aliphatic heterocycles. The number of methoxy groups -OCH3 is 3. The summed E-state index contributed by atoms with van der Waals surface area (Å²) in [6.07, 6.45) is 0.686. The Hall–Kier alpha value is -3.70. The molecule has 0 unspecified atom stereocenters. The summed E-state index contributed by atoms with van der Waals surface area (Å²) in [5.74, 6) is -2.34. The number of carbonyl (C=O) groups is 2. The van der Waals surface area contributed by atoms with E-state index in [0.29, 0.717) is 6.08 Å². The molecule has 12 nitrogen and oxygen atoms in total. The van der Waals surface area contributed by atoms with Crippen LogP contribution < -0.4 is 10.1 Å². The second kappa shape index (κ2) is 8.24. The first-order valence-corrected chi connectivity index (χ1v) is 6.41. The van der Waals surface area contributed by atoms with Crippen molar-refractivity contribution in [1.82, 2.24) is 0 Å². The molecule has 0 aromatic heterocycles. The van der Waals surface area contributed by atoms with Gasteiger partial charge in [-0.3, -0.25) is 20.2 Å². The van der Waals surface area contributed by atoms with Crippen LogP contribution in [0.5, 0.6) is 5.75 Å². The highest BCUT2D eigenvalue weighted by atomic mass is 16.6. The second-order valence-corrected chi connectivity index (χ2v) is 4.22. The van der Waals surface area contributed by atoms with Gasteiger partial charge in [0.25, 0.3) is 0 Å². The van der Waals surface area contributed by atoms with Gasteiger partial charge in [0.05, 0.1) is 37.3 Å². The Morgan fingerprint density at radius 3 is 2.08 bits per heavy atom. The lowest BCUT2D eigenvalue weighted by molar-refractivity contribution is -0.422. The van der Waals surface area contributed by atoms with E-state index in [-0.39, 0.29) is 5.75 Å². The molecule has 1 N–H and O–H groups in total. The Bertz CT molecular complexity index is 757. The van der Waals surface area contributed by atoms with Crippen molar-refractivity contribution in [3.63, 3.8) is 0 Å². The molecule has 0 heterocycles. The van der Waals surface area contributed by atoms with E-state index in [9.17, 15) is 29.8 Å². The number of nitrogens with zero attached hydrogens (tertiary/aromatic N) is 2. The highest BCUT2D eigenvalue weighted by Gasteiger charge is 2.34. The number of carbonyl (C=O) groups excluding carboxylic acids is 2. The SMILES string of the molecule is COC(=O)/C=C(/Nc1ccc(OC)c([N+](=O)[O-])c1[N+](=O)[O-])C(=O)OC. The fourth-order valence-electron chi connectivity index (χ4n) is 1.77. The number of nitro benzene ring substituents is 2. The van der Waals surface area contributed by atoms with Crippen LogP contribution in [0, 0.1) is 20.2 Å². The molecule has 134 valence electrons. The molecule has 1 aromatic carbocycles.